The first kappa shape index (κ1) is 11.7. The summed E-state index contributed by atoms with van der Waals surface area (Å²) in [5.74, 6) is 2.02. The molecule has 3 N–H and O–H groups in total. The molecule has 0 amide bonds. The molecule has 1 aromatic rings. The number of rotatable bonds is 7. The second-order valence-corrected chi connectivity index (χ2v) is 4.71. The van der Waals surface area contributed by atoms with Crippen LogP contribution < -0.4 is 11.1 Å². The Hall–Kier alpha value is -0.800. The van der Waals surface area contributed by atoms with Crippen LogP contribution in [0, 0.1) is 6.92 Å². The van der Waals surface area contributed by atoms with E-state index < -0.39 is 0 Å². The number of hydrogen-bond acceptors (Lipinski definition) is 3. The summed E-state index contributed by atoms with van der Waals surface area (Å²) in [6.45, 7) is 3.72. The van der Waals surface area contributed by atoms with Crippen LogP contribution in [0.4, 0.5) is 0 Å². The monoisotopic (exact) mass is 222 g/mol. The molecular formula is C13H22N2O. The predicted molar refractivity (Wildman–Crippen MR) is 65.3 cm³/mol. The van der Waals surface area contributed by atoms with Gasteiger partial charge in [0.25, 0.3) is 0 Å². The third kappa shape index (κ3) is 3.35. The Bertz CT molecular complexity index is 329. The van der Waals surface area contributed by atoms with E-state index in [1.54, 1.807) is 0 Å². The van der Waals surface area contributed by atoms with Crippen LogP contribution >= 0.6 is 0 Å². The molecule has 0 unspecified atom stereocenters. The topological polar surface area (TPSA) is 51.2 Å². The molecule has 0 aliphatic heterocycles. The normalized spacial score (nSPS) is 15.6. The molecule has 1 saturated carbocycles. The maximum absolute atomic E-state index is 5.66. The van der Waals surface area contributed by atoms with E-state index in [0.29, 0.717) is 6.54 Å². The van der Waals surface area contributed by atoms with Crippen LogP contribution in [0.25, 0.3) is 0 Å². The van der Waals surface area contributed by atoms with Gasteiger partial charge in [0.1, 0.15) is 11.5 Å². The SMILES string of the molecule is Cc1cc(CCCCNC2CC2)oc1CN. The average Bonchev–Trinajstić information content (AvgIpc) is 3.02. The first-order valence-corrected chi connectivity index (χ1v) is 6.31. The highest BCUT2D eigenvalue weighted by atomic mass is 16.3. The first-order valence-electron chi connectivity index (χ1n) is 6.31. The van der Waals surface area contributed by atoms with Gasteiger partial charge in [-0.15, -0.1) is 0 Å². The third-order valence-corrected chi connectivity index (χ3v) is 3.12. The van der Waals surface area contributed by atoms with E-state index >= 15 is 0 Å². The molecule has 0 spiro atoms. The smallest absolute Gasteiger partial charge is 0.120 e. The van der Waals surface area contributed by atoms with Gasteiger partial charge < -0.3 is 15.5 Å². The summed E-state index contributed by atoms with van der Waals surface area (Å²) >= 11 is 0. The Balaban J connectivity index is 1.63. The quantitative estimate of drug-likeness (QED) is 0.695. The van der Waals surface area contributed by atoms with E-state index in [1.165, 1.54) is 31.2 Å². The lowest BCUT2D eigenvalue weighted by molar-refractivity contribution is 0.455. The molecule has 0 aromatic carbocycles. The predicted octanol–water partition coefficient (Wildman–Crippen LogP) is 2.12. The summed E-state index contributed by atoms with van der Waals surface area (Å²) in [5.41, 5.74) is 6.77. The van der Waals surface area contributed by atoms with Crippen molar-refractivity contribution in [2.45, 2.75) is 51.6 Å². The second-order valence-electron chi connectivity index (χ2n) is 4.71. The number of aryl methyl sites for hydroxylation is 2. The van der Waals surface area contributed by atoms with E-state index in [-0.39, 0.29) is 0 Å². The molecule has 3 heteroatoms. The zero-order valence-electron chi connectivity index (χ0n) is 10.1. The molecule has 1 aliphatic rings. The molecule has 0 saturated heterocycles. The third-order valence-electron chi connectivity index (χ3n) is 3.12. The van der Waals surface area contributed by atoms with Crippen molar-refractivity contribution < 1.29 is 4.42 Å². The van der Waals surface area contributed by atoms with Crippen LogP contribution in [-0.4, -0.2) is 12.6 Å². The minimum atomic E-state index is 0.509. The molecule has 1 heterocycles. The standard InChI is InChI=1S/C13H22N2O/c1-10-8-12(16-13(10)9-14)4-2-3-7-15-11-5-6-11/h8,11,15H,2-7,9,14H2,1H3. The van der Waals surface area contributed by atoms with Crippen LogP contribution in [0.1, 0.15) is 42.8 Å². The van der Waals surface area contributed by atoms with Crippen molar-refractivity contribution in [3.05, 3.63) is 23.2 Å². The maximum Gasteiger partial charge on any atom is 0.120 e. The number of nitrogens with one attached hydrogen (secondary N) is 1. The highest BCUT2D eigenvalue weighted by molar-refractivity contribution is 5.19. The zero-order chi connectivity index (χ0) is 11.4. The summed E-state index contributed by atoms with van der Waals surface area (Å²) in [7, 11) is 0. The molecule has 0 atom stereocenters. The lowest BCUT2D eigenvalue weighted by Crippen LogP contribution is -2.17. The maximum atomic E-state index is 5.66. The van der Waals surface area contributed by atoms with E-state index in [4.69, 9.17) is 10.2 Å². The average molecular weight is 222 g/mol. The summed E-state index contributed by atoms with van der Waals surface area (Å²) < 4.78 is 5.66. The summed E-state index contributed by atoms with van der Waals surface area (Å²) in [6.07, 6.45) is 6.20. The van der Waals surface area contributed by atoms with Gasteiger partial charge in [0.15, 0.2) is 0 Å². The van der Waals surface area contributed by atoms with Crippen molar-refractivity contribution in [2.75, 3.05) is 6.54 Å². The Labute approximate surface area is 97.4 Å². The molecule has 0 bridgehead atoms. The number of hydrogen-bond donors (Lipinski definition) is 2. The van der Waals surface area contributed by atoms with E-state index in [9.17, 15) is 0 Å². The summed E-state index contributed by atoms with van der Waals surface area (Å²) in [4.78, 5) is 0. The highest BCUT2D eigenvalue weighted by Crippen LogP contribution is 2.19. The first-order chi connectivity index (χ1) is 7.79. The fourth-order valence-corrected chi connectivity index (χ4v) is 1.93. The Morgan fingerprint density at radius 1 is 1.44 bits per heavy atom. The molecular weight excluding hydrogens is 200 g/mol. The molecule has 0 radical (unpaired) electrons. The molecule has 3 nitrogen and oxygen atoms in total. The van der Waals surface area contributed by atoms with Crippen molar-refractivity contribution >= 4 is 0 Å². The molecule has 1 fully saturated rings. The molecule has 1 aliphatic carbocycles. The van der Waals surface area contributed by atoms with Crippen molar-refractivity contribution in [1.82, 2.24) is 5.32 Å². The van der Waals surface area contributed by atoms with Crippen molar-refractivity contribution in [3.8, 4) is 0 Å². The van der Waals surface area contributed by atoms with Crippen molar-refractivity contribution in [1.29, 1.82) is 0 Å². The molecule has 1 aromatic heterocycles. The van der Waals surface area contributed by atoms with Gasteiger partial charge in [0.05, 0.1) is 6.54 Å². The Morgan fingerprint density at radius 3 is 2.88 bits per heavy atom. The number of furan rings is 1. The van der Waals surface area contributed by atoms with E-state index in [1.807, 2.05) is 0 Å². The Morgan fingerprint density at radius 2 is 2.25 bits per heavy atom. The fourth-order valence-electron chi connectivity index (χ4n) is 1.93. The van der Waals surface area contributed by atoms with Gasteiger partial charge in [0.2, 0.25) is 0 Å². The van der Waals surface area contributed by atoms with Crippen LogP contribution in [0.3, 0.4) is 0 Å². The van der Waals surface area contributed by atoms with Gasteiger partial charge in [-0.1, -0.05) is 0 Å². The van der Waals surface area contributed by atoms with Crippen LogP contribution in [-0.2, 0) is 13.0 Å². The molecule has 2 rings (SSSR count). The lowest BCUT2D eigenvalue weighted by atomic mass is 10.2. The molecule has 90 valence electrons. The minimum absolute atomic E-state index is 0.509. The minimum Gasteiger partial charge on any atom is -0.464 e. The van der Waals surface area contributed by atoms with E-state index in [2.05, 4.69) is 18.3 Å². The van der Waals surface area contributed by atoms with Crippen LogP contribution in [0.2, 0.25) is 0 Å². The van der Waals surface area contributed by atoms with Gasteiger partial charge in [-0.25, -0.2) is 0 Å². The highest BCUT2D eigenvalue weighted by Gasteiger charge is 2.19. The zero-order valence-corrected chi connectivity index (χ0v) is 10.1. The van der Waals surface area contributed by atoms with Crippen LogP contribution in [0.15, 0.2) is 10.5 Å². The van der Waals surface area contributed by atoms with Gasteiger partial charge in [-0.3, -0.25) is 0 Å². The molecule has 16 heavy (non-hydrogen) atoms. The number of nitrogens with two attached hydrogens (primary N) is 1. The summed E-state index contributed by atoms with van der Waals surface area (Å²) in [5, 5.41) is 3.52. The van der Waals surface area contributed by atoms with Gasteiger partial charge in [-0.2, -0.15) is 0 Å². The van der Waals surface area contributed by atoms with Gasteiger partial charge in [-0.05, 0) is 50.8 Å². The van der Waals surface area contributed by atoms with Crippen LogP contribution in [0.5, 0.6) is 0 Å². The van der Waals surface area contributed by atoms with Crippen molar-refractivity contribution in [3.63, 3.8) is 0 Å². The van der Waals surface area contributed by atoms with Gasteiger partial charge >= 0.3 is 0 Å². The van der Waals surface area contributed by atoms with Crippen molar-refractivity contribution in [2.24, 2.45) is 5.73 Å². The van der Waals surface area contributed by atoms with E-state index in [0.717, 1.165) is 30.5 Å². The lowest BCUT2D eigenvalue weighted by Gasteiger charge is -2.01. The number of unbranched alkanes of at least 4 members (excludes halogenated alkanes) is 1. The van der Waals surface area contributed by atoms with Gasteiger partial charge in [0, 0.05) is 12.5 Å². The fraction of sp³-hybridized carbons (Fsp3) is 0.692. The second kappa shape index (κ2) is 5.51. The summed E-state index contributed by atoms with van der Waals surface area (Å²) in [6, 6.07) is 2.95. The largest absolute Gasteiger partial charge is 0.464 e. The Kier molecular flexibility index (Phi) is 4.02.